The summed E-state index contributed by atoms with van der Waals surface area (Å²) in [6, 6.07) is 19.2. The number of unbranched alkanes of at least 4 members (excludes halogenated alkanes) is 1. The van der Waals surface area contributed by atoms with Crippen LogP contribution in [0.5, 0.6) is 5.75 Å². The monoisotopic (exact) mass is 582 g/mol. The van der Waals surface area contributed by atoms with Crippen LogP contribution in [0.4, 0.5) is 10.5 Å². The fourth-order valence-electron chi connectivity index (χ4n) is 4.17. The number of rotatable bonds is 13. The molecule has 0 aliphatic carbocycles. The van der Waals surface area contributed by atoms with Gasteiger partial charge in [-0.15, -0.1) is 0 Å². The molecule has 1 N–H and O–H groups in total. The van der Waals surface area contributed by atoms with E-state index in [2.05, 4.69) is 50.9 Å². The normalized spacial score (nSPS) is 10.9. The van der Waals surface area contributed by atoms with Crippen molar-refractivity contribution in [1.82, 2.24) is 14.4 Å². The van der Waals surface area contributed by atoms with Gasteiger partial charge in [0.05, 0.1) is 13.7 Å². The lowest BCUT2D eigenvalue weighted by molar-refractivity contribution is -0.132. The Morgan fingerprint density at radius 1 is 1.03 bits per heavy atom. The van der Waals surface area contributed by atoms with Crippen molar-refractivity contribution >= 4 is 33.6 Å². The molecule has 0 saturated carbocycles. The standard InChI is InChI=1S/C30H39BrN4O3/c1-5-6-17-34(21-27-8-7-18-33(27)20-24-9-11-25(31)12-10-24)29(36)22-35(19-23(2)3)30(37)32-26-13-15-28(38-4)16-14-26/h7-16,18,23H,5-6,17,19-22H2,1-4H3,(H,32,37). The molecule has 38 heavy (non-hydrogen) atoms. The highest BCUT2D eigenvalue weighted by Crippen LogP contribution is 2.17. The zero-order valence-corrected chi connectivity index (χ0v) is 24.4. The summed E-state index contributed by atoms with van der Waals surface area (Å²) in [6.45, 7) is 8.59. The molecular weight excluding hydrogens is 544 g/mol. The van der Waals surface area contributed by atoms with Gasteiger partial charge in [-0.25, -0.2) is 4.79 Å². The van der Waals surface area contributed by atoms with Crippen LogP contribution in [0.3, 0.4) is 0 Å². The van der Waals surface area contributed by atoms with Crippen LogP contribution in [0.2, 0.25) is 0 Å². The van der Waals surface area contributed by atoms with Crippen molar-refractivity contribution in [1.29, 1.82) is 0 Å². The average Bonchev–Trinajstić information content (AvgIpc) is 3.33. The van der Waals surface area contributed by atoms with E-state index in [1.54, 1.807) is 36.3 Å². The first kappa shape index (κ1) is 29.3. The van der Waals surface area contributed by atoms with Crippen LogP contribution >= 0.6 is 15.9 Å². The molecule has 0 aliphatic heterocycles. The second-order valence-electron chi connectivity index (χ2n) is 9.86. The van der Waals surface area contributed by atoms with Crippen LogP contribution < -0.4 is 10.1 Å². The Balaban J connectivity index is 1.72. The molecule has 3 rings (SSSR count). The zero-order chi connectivity index (χ0) is 27.5. The number of hydrogen-bond donors (Lipinski definition) is 1. The van der Waals surface area contributed by atoms with E-state index in [9.17, 15) is 9.59 Å². The second kappa shape index (κ2) is 14.6. The van der Waals surface area contributed by atoms with Crippen molar-refractivity contribution in [3.8, 4) is 5.75 Å². The summed E-state index contributed by atoms with van der Waals surface area (Å²) >= 11 is 3.49. The first-order valence-electron chi connectivity index (χ1n) is 13.1. The van der Waals surface area contributed by atoms with Gasteiger partial charge in [-0.1, -0.05) is 55.3 Å². The topological polar surface area (TPSA) is 66.8 Å². The Kier molecular flexibility index (Phi) is 11.3. The number of hydrogen-bond acceptors (Lipinski definition) is 3. The number of halogens is 1. The van der Waals surface area contributed by atoms with E-state index in [4.69, 9.17) is 4.74 Å². The number of benzene rings is 2. The number of carbonyl (C=O) groups is 2. The number of carbonyl (C=O) groups excluding carboxylic acids is 2. The molecule has 0 radical (unpaired) electrons. The van der Waals surface area contributed by atoms with Crippen LogP contribution in [0.15, 0.2) is 71.3 Å². The lowest BCUT2D eigenvalue weighted by Crippen LogP contribution is -2.46. The lowest BCUT2D eigenvalue weighted by Gasteiger charge is -2.29. The smallest absolute Gasteiger partial charge is 0.322 e. The number of urea groups is 1. The molecule has 3 aromatic rings. The number of amides is 3. The zero-order valence-electron chi connectivity index (χ0n) is 22.8. The van der Waals surface area contributed by atoms with Crippen molar-refractivity contribution in [2.45, 2.75) is 46.7 Å². The van der Waals surface area contributed by atoms with Gasteiger partial charge in [0.1, 0.15) is 12.3 Å². The summed E-state index contributed by atoms with van der Waals surface area (Å²) in [5, 5.41) is 2.93. The molecule has 0 saturated heterocycles. The molecule has 0 spiro atoms. The van der Waals surface area contributed by atoms with E-state index < -0.39 is 0 Å². The van der Waals surface area contributed by atoms with Crippen LogP contribution in [0.25, 0.3) is 0 Å². The summed E-state index contributed by atoms with van der Waals surface area (Å²) in [7, 11) is 1.60. The van der Waals surface area contributed by atoms with Crippen molar-refractivity contribution in [3.63, 3.8) is 0 Å². The van der Waals surface area contributed by atoms with Gasteiger partial charge in [-0.3, -0.25) is 4.79 Å². The van der Waals surface area contributed by atoms with E-state index in [-0.39, 0.29) is 24.4 Å². The molecule has 0 atom stereocenters. The third-order valence-electron chi connectivity index (χ3n) is 6.22. The molecule has 2 aromatic carbocycles. The van der Waals surface area contributed by atoms with Crippen LogP contribution in [0, 0.1) is 5.92 Å². The van der Waals surface area contributed by atoms with Crippen molar-refractivity contribution in [3.05, 3.63) is 82.6 Å². The molecule has 1 aromatic heterocycles. The number of nitrogens with zero attached hydrogens (tertiary/aromatic N) is 3. The van der Waals surface area contributed by atoms with Gasteiger partial charge in [-0.05, 0) is 66.4 Å². The summed E-state index contributed by atoms with van der Waals surface area (Å²) in [5.74, 6) is 0.880. The third-order valence-corrected chi connectivity index (χ3v) is 6.75. The Morgan fingerprint density at radius 2 is 1.74 bits per heavy atom. The molecule has 0 bridgehead atoms. The number of aromatic nitrogens is 1. The maximum absolute atomic E-state index is 13.6. The lowest BCUT2D eigenvalue weighted by atomic mass is 10.2. The van der Waals surface area contributed by atoms with Gasteiger partial charge < -0.3 is 24.4 Å². The largest absolute Gasteiger partial charge is 0.497 e. The SMILES string of the molecule is CCCCN(Cc1cccn1Cc1ccc(Br)cc1)C(=O)CN(CC(C)C)C(=O)Nc1ccc(OC)cc1. The molecule has 7 nitrogen and oxygen atoms in total. The van der Waals surface area contributed by atoms with E-state index in [1.807, 2.05) is 43.1 Å². The number of ether oxygens (including phenoxy) is 1. The summed E-state index contributed by atoms with van der Waals surface area (Å²) in [6.07, 6.45) is 3.94. The van der Waals surface area contributed by atoms with Gasteiger partial charge in [0.2, 0.25) is 5.91 Å². The van der Waals surface area contributed by atoms with Gasteiger partial charge in [0.15, 0.2) is 0 Å². The van der Waals surface area contributed by atoms with Gasteiger partial charge >= 0.3 is 6.03 Å². The predicted molar refractivity (Wildman–Crippen MR) is 156 cm³/mol. The van der Waals surface area contributed by atoms with E-state index in [1.165, 1.54) is 5.56 Å². The second-order valence-corrected chi connectivity index (χ2v) is 10.8. The highest BCUT2D eigenvalue weighted by Gasteiger charge is 2.23. The molecule has 3 amide bonds. The number of nitrogens with one attached hydrogen (secondary N) is 1. The summed E-state index contributed by atoms with van der Waals surface area (Å²) < 4.78 is 8.42. The van der Waals surface area contributed by atoms with E-state index >= 15 is 0 Å². The molecule has 0 unspecified atom stereocenters. The third kappa shape index (κ3) is 8.94. The molecule has 0 aliphatic rings. The van der Waals surface area contributed by atoms with Crippen molar-refractivity contribution in [2.75, 3.05) is 32.1 Å². The van der Waals surface area contributed by atoms with Gasteiger partial charge in [0.25, 0.3) is 0 Å². The first-order chi connectivity index (χ1) is 18.3. The molecule has 204 valence electrons. The number of methoxy groups -OCH3 is 1. The first-order valence-corrected chi connectivity index (χ1v) is 13.9. The molecule has 1 heterocycles. The highest BCUT2D eigenvalue weighted by molar-refractivity contribution is 9.10. The molecular formula is C30H39BrN4O3. The molecule has 0 fully saturated rings. The minimum absolute atomic E-state index is 0.0251. The predicted octanol–water partition coefficient (Wildman–Crippen LogP) is 6.63. The Hall–Kier alpha value is -3.26. The van der Waals surface area contributed by atoms with Crippen molar-refractivity contribution < 1.29 is 14.3 Å². The van der Waals surface area contributed by atoms with Gasteiger partial charge in [-0.2, -0.15) is 0 Å². The minimum atomic E-state index is -0.286. The fourth-order valence-corrected chi connectivity index (χ4v) is 4.43. The van der Waals surface area contributed by atoms with E-state index in [0.29, 0.717) is 31.1 Å². The van der Waals surface area contributed by atoms with Crippen LogP contribution in [-0.2, 0) is 17.9 Å². The highest BCUT2D eigenvalue weighted by atomic mass is 79.9. The Morgan fingerprint density at radius 3 is 2.37 bits per heavy atom. The number of anilines is 1. The van der Waals surface area contributed by atoms with E-state index in [0.717, 1.165) is 29.6 Å². The van der Waals surface area contributed by atoms with Crippen LogP contribution in [-0.4, -0.2) is 53.0 Å². The van der Waals surface area contributed by atoms with Crippen molar-refractivity contribution in [2.24, 2.45) is 5.92 Å². The summed E-state index contributed by atoms with van der Waals surface area (Å²) in [5.41, 5.74) is 2.91. The Labute approximate surface area is 234 Å². The quantitative estimate of drug-likeness (QED) is 0.246. The van der Waals surface area contributed by atoms with Gasteiger partial charge in [0, 0.05) is 41.7 Å². The average molecular weight is 584 g/mol. The van der Waals surface area contributed by atoms with Crippen LogP contribution in [0.1, 0.15) is 44.9 Å². The fraction of sp³-hybridized carbons (Fsp3) is 0.400. The Bertz CT molecular complexity index is 1160. The minimum Gasteiger partial charge on any atom is -0.497 e. The molecule has 8 heteroatoms. The maximum atomic E-state index is 13.6. The maximum Gasteiger partial charge on any atom is 0.322 e. The summed E-state index contributed by atoms with van der Waals surface area (Å²) in [4.78, 5) is 30.3.